The Labute approximate surface area is 142 Å². The van der Waals surface area contributed by atoms with E-state index in [-0.39, 0.29) is 5.57 Å². The summed E-state index contributed by atoms with van der Waals surface area (Å²) in [6.45, 7) is 4.51. The molecule has 24 heavy (non-hydrogen) atoms. The molecule has 126 valence electrons. The molecule has 0 aliphatic carbocycles. The van der Waals surface area contributed by atoms with Gasteiger partial charge < -0.3 is 14.6 Å². The minimum Gasteiger partial charge on any atom is -0.493 e. The Morgan fingerprint density at radius 1 is 1.17 bits per heavy atom. The van der Waals surface area contributed by atoms with Crippen molar-refractivity contribution in [3.8, 4) is 11.5 Å². The summed E-state index contributed by atoms with van der Waals surface area (Å²) in [5, 5.41) is 9.61. The molecule has 0 atom stereocenters. The van der Waals surface area contributed by atoms with Crippen LogP contribution in [-0.4, -0.2) is 24.8 Å². The SMILES string of the molecule is CCCOc1c(/C=C(\C(=O)O)c2ccc(C)cc2)cccc1OC. The fraction of sp³-hybridized carbons (Fsp3) is 0.250. The van der Waals surface area contributed by atoms with Crippen molar-refractivity contribution in [3.05, 3.63) is 59.2 Å². The molecule has 0 fully saturated rings. The molecule has 0 radical (unpaired) electrons. The molecule has 0 amide bonds. The highest BCUT2D eigenvalue weighted by molar-refractivity contribution is 6.20. The molecule has 0 heterocycles. The van der Waals surface area contributed by atoms with E-state index < -0.39 is 5.97 Å². The maximum Gasteiger partial charge on any atom is 0.336 e. The lowest BCUT2D eigenvalue weighted by molar-refractivity contribution is -0.130. The molecule has 0 aromatic heterocycles. The summed E-state index contributed by atoms with van der Waals surface area (Å²) in [7, 11) is 1.57. The van der Waals surface area contributed by atoms with Gasteiger partial charge >= 0.3 is 5.97 Å². The molecule has 2 aromatic carbocycles. The average molecular weight is 326 g/mol. The van der Waals surface area contributed by atoms with Crippen molar-refractivity contribution >= 4 is 17.6 Å². The van der Waals surface area contributed by atoms with Crippen LogP contribution in [0.1, 0.15) is 30.0 Å². The summed E-state index contributed by atoms with van der Waals surface area (Å²) in [5.74, 6) is 0.168. The highest BCUT2D eigenvalue weighted by Crippen LogP contribution is 2.34. The summed E-state index contributed by atoms with van der Waals surface area (Å²) in [4.78, 5) is 11.7. The molecule has 0 spiro atoms. The molecule has 2 rings (SSSR count). The number of methoxy groups -OCH3 is 1. The van der Waals surface area contributed by atoms with Crippen molar-refractivity contribution in [1.82, 2.24) is 0 Å². The number of rotatable bonds is 7. The van der Waals surface area contributed by atoms with Gasteiger partial charge in [0.25, 0.3) is 0 Å². The Kier molecular flexibility index (Phi) is 6.01. The Morgan fingerprint density at radius 2 is 1.88 bits per heavy atom. The lowest BCUT2D eigenvalue weighted by Gasteiger charge is -2.13. The first-order valence-corrected chi connectivity index (χ1v) is 7.88. The van der Waals surface area contributed by atoms with Gasteiger partial charge in [0, 0.05) is 5.56 Å². The van der Waals surface area contributed by atoms with Gasteiger partial charge in [0.2, 0.25) is 0 Å². The van der Waals surface area contributed by atoms with Crippen LogP contribution >= 0.6 is 0 Å². The third kappa shape index (κ3) is 4.16. The van der Waals surface area contributed by atoms with Crippen LogP contribution in [0.15, 0.2) is 42.5 Å². The zero-order valence-corrected chi connectivity index (χ0v) is 14.2. The van der Waals surface area contributed by atoms with Gasteiger partial charge in [0.15, 0.2) is 11.5 Å². The van der Waals surface area contributed by atoms with Crippen molar-refractivity contribution in [3.63, 3.8) is 0 Å². The molecular weight excluding hydrogens is 304 g/mol. The number of benzene rings is 2. The van der Waals surface area contributed by atoms with Gasteiger partial charge in [-0.15, -0.1) is 0 Å². The first-order chi connectivity index (χ1) is 11.6. The Bertz CT molecular complexity index is 730. The van der Waals surface area contributed by atoms with Crippen LogP contribution in [-0.2, 0) is 4.79 Å². The third-order valence-corrected chi connectivity index (χ3v) is 3.57. The molecule has 0 bridgehead atoms. The third-order valence-electron chi connectivity index (χ3n) is 3.57. The summed E-state index contributed by atoms with van der Waals surface area (Å²) >= 11 is 0. The van der Waals surface area contributed by atoms with Gasteiger partial charge in [-0.3, -0.25) is 0 Å². The van der Waals surface area contributed by atoms with Crippen molar-refractivity contribution in [1.29, 1.82) is 0 Å². The number of para-hydroxylation sites is 1. The Morgan fingerprint density at radius 3 is 2.46 bits per heavy atom. The normalized spacial score (nSPS) is 11.2. The molecule has 0 saturated carbocycles. The molecule has 0 aliphatic rings. The predicted octanol–water partition coefficient (Wildman–Crippen LogP) is 4.42. The van der Waals surface area contributed by atoms with Gasteiger partial charge in [-0.05, 0) is 31.1 Å². The minimum absolute atomic E-state index is 0.213. The van der Waals surface area contributed by atoms with Crippen LogP contribution in [0.4, 0.5) is 0 Å². The maximum absolute atomic E-state index is 11.7. The fourth-order valence-electron chi connectivity index (χ4n) is 2.32. The molecule has 0 unspecified atom stereocenters. The second-order valence-electron chi connectivity index (χ2n) is 5.46. The van der Waals surface area contributed by atoms with Crippen LogP contribution in [0.5, 0.6) is 11.5 Å². The van der Waals surface area contributed by atoms with Crippen molar-refractivity contribution in [2.24, 2.45) is 0 Å². The van der Waals surface area contributed by atoms with Gasteiger partial charge in [0.1, 0.15) is 0 Å². The van der Waals surface area contributed by atoms with Crippen LogP contribution in [0.25, 0.3) is 11.6 Å². The average Bonchev–Trinajstić information content (AvgIpc) is 2.58. The number of hydrogen-bond donors (Lipinski definition) is 1. The van der Waals surface area contributed by atoms with E-state index in [0.29, 0.717) is 29.2 Å². The molecular formula is C20H22O4. The summed E-state index contributed by atoms with van der Waals surface area (Å²) in [5.41, 5.74) is 2.62. The number of hydrogen-bond acceptors (Lipinski definition) is 3. The van der Waals surface area contributed by atoms with Gasteiger partial charge in [-0.2, -0.15) is 0 Å². The largest absolute Gasteiger partial charge is 0.493 e. The first kappa shape index (κ1) is 17.6. The summed E-state index contributed by atoms with van der Waals surface area (Å²) in [6.07, 6.45) is 2.48. The maximum atomic E-state index is 11.7. The topological polar surface area (TPSA) is 55.8 Å². The number of aryl methyl sites for hydroxylation is 1. The summed E-state index contributed by atoms with van der Waals surface area (Å²) < 4.78 is 11.1. The Hall–Kier alpha value is -2.75. The quantitative estimate of drug-likeness (QED) is 0.604. The van der Waals surface area contributed by atoms with Crippen LogP contribution in [0.2, 0.25) is 0 Å². The van der Waals surface area contributed by atoms with Crippen LogP contribution < -0.4 is 9.47 Å². The second-order valence-corrected chi connectivity index (χ2v) is 5.46. The lowest BCUT2D eigenvalue weighted by atomic mass is 10.0. The van der Waals surface area contributed by atoms with Gasteiger partial charge in [0.05, 0.1) is 19.3 Å². The zero-order chi connectivity index (χ0) is 17.5. The highest BCUT2D eigenvalue weighted by atomic mass is 16.5. The monoisotopic (exact) mass is 326 g/mol. The summed E-state index contributed by atoms with van der Waals surface area (Å²) in [6, 6.07) is 12.8. The van der Waals surface area contributed by atoms with E-state index in [2.05, 4.69) is 0 Å². The number of carboxylic acid groups (broad SMARTS) is 1. The smallest absolute Gasteiger partial charge is 0.336 e. The second kappa shape index (κ2) is 8.20. The number of aliphatic carboxylic acids is 1. The molecule has 0 saturated heterocycles. The lowest BCUT2D eigenvalue weighted by Crippen LogP contribution is -2.02. The Balaban J connectivity index is 2.53. The molecule has 4 nitrogen and oxygen atoms in total. The van der Waals surface area contributed by atoms with E-state index in [1.807, 2.05) is 50.2 Å². The highest BCUT2D eigenvalue weighted by Gasteiger charge is 2.14. The van der Waals surface area contributed by atoms with Gasteiger partial charge in [-0.25, -0.2) is 4.79 Å². The standard InChI is InChI=1S/C20H22O4/c1-4-12-24-19-16(6-5-7-18(19)23-3)13-17(20(21)22)15-10-8-14(2)9-11-15/h5-11,13H,4,12H2,1-3H3,(H,21,22)/b17-13-. The number of carbonyl (C=O) groups is 1. The van der Waals surface area contributed by atoms with E-state index in [4.69, 9.17) is 9.47 Å². The van der Waals surface area contributed by atoms with Crippen molar-refractivity contribution in [2.75, 3.05) is 13.7 Å². The van der Waals surface area contributed by atoms with Crippen LogP contribution in [0, 0.1) is 6.92 Å². The fourth-order valence-corrected chi connectivity index (χ4v) is 2.32. The number of ether oxygens (including phenoxy) is 2. The molecule has 1 N–H and O–H groups in total. The minimum atomic E-state index is -0.983. The van der Waals surface area contributed by atoms with Gasteiger partial charge in [-0.1, -0.05) is 48.9 Å². The van der Waals surface area contributed by atoms with E-state index in [1.165, 1.54) is 0 Å². The zero-order valence-electron chi connectivity index (χ0n) is 14.2. The van der Waals surface area contributed by atoms with Crippen molar-refractivity contribution in [2.45, 2.75) is 20.3 Å². The molecule has 2 aromatic rings. The predicted molar refractivity (Wildman–Crippen MR) is 95.5 cm³/mol. The van der Waals surface area contributed by atoms with Crippen LogP contribution in [0.3, 0.4) is 0 Å². The van der Waals surface area contributed by atoms with Crippen molar-refractivity contribution < 1.29 is 19.4 Å². The van der Waals surface area contributed by atoms with E-state index in [0.717, 1.165) is 12.0 Å². The van der Waals surface area contributed by atoms with E-state index >= 15 is 0 Å². The molecule has 4 heteroatoms. The first-order valence-electron chi connectivity index (χ1n) is 7.88. The van der Waals surface area contributed by atoms with E-state index in [1.54, 1.807) is 19.3 Å². The number of carboxylic acids is 1. The van der Waals surface area contributed by atoms with E-state index in [9.17, 15) is 9.90 Å². The molecule has 0 aliphatic heterocycles.